The van der Waals surface area contributed by atoms with Crippen LogP contribution in [0.1, 0.15) is 13.3 Å². The maximum absolute atomic E-state index is 11.1. The molecule has 1 aliphatic carbocycles. The van der Waals surface area contributed by atoms with Gasteiger partial charge in [0.25, 0.3) is 0 Å². The predicted molar refractivity (Wildman–Crippen MR) is 39.5 cm³/mol. The number of rotatable bonds is 2. The number of carbonyl (C=O) groups is 2. The molecule has 1 fully saturated rings. The second-order valence-corrected chi connectivity index (χ2v) is 3.16. The van der Waals surface area contributed by atoms with Gasteiger partial charge in [-0.1, -0.05) is 0 Å². The summed E-state index contributed by atoms with van der Waals surface area (Å²) in [6.07, 6.45) is 0.585. The monoisotopic (exact) mass is 156 g/mol. The van der Waals surface area contributed by atoms with Crippen LogP contribution in [-0.2, 0) is 9.59 Å². The van der Waals surface area contributed by atoms with E-state index in [-0.39, 0.29) is 17.7 Å². The molecule has 0 aromatic carbocycles. The number of primary amides is 1. The molecule has 0 aromatic rings. The first-order valence-electron chi connectivity index (χ1n) is 3.54. The van der Waals surface area contributed by atoms with Crippen molar-refractivity contribution < 1.29 is 9.59 Å². The Labute approximate surface area is 65.1 Å². The van der Waals surface area contributed by atoms with E-state index in [0.717, 1.165) is 0 Å². The number of carbonyl (C=O) groups excluding carboxylic acids is 2. The van der Waals surface area contributed by atoms with Crippen molar-refractivity contribution in [3.8, 4) is 0 Å². The van der Waals surface area contributed by atoms with Gasteiger partial charge in [-0.3, -0.25) is 9.59 Å². The molecule has 0 aliphatic heterocycles. The number of hydrogen-bond acceptors (Lipinski definition) is 2. The highest BCUT2D eigenvalue weighted by molar-refractivity contribution is 5.94. The van der Waals surface area contributed by atoms with Crippen molar-refractivity contribution >= 4 is 11.8 Å². The van der Waals surface area contributed by atoms with Crippen molar-refractivity contribution in [3.05, 3.63) is 0 Å². The second kappa shape index (κ2) is 2.22. The Hall–Kier alpha value is -1.06. The zero-order valence-electron chi connectivity index (χ0n) is 6.68. The van der Waals surface area contributed by atoms with E-state index in [4.69, 9.17) is 5.73 Å². The van der Waals surface area contributed by atoms with Crippen LogP contribution < -0.4 is 11.1 Å². The van der Waals surface area contributed by atoms with E-state index in [2.05, 4.69) is 5.32 Å². The van der Waals surface area contributed by atoms with Gasteiger partial charge in [0.1, 0.15) is 0 Å². The summed E-state index contributed by atoms with van der Waals surface area (Å²) in [6.45, 7) is 1.75. The fraction of sp³-hybridized carbons (Fsp3) is 0.714. The summed E-state index contributed by atoms with van der Waals surface area (Å²) in [6, 6.07) is 0. The van der Waals surface area contributed by atoms with Crippen LogP contribution in [0.3, 0.4) is 0 Å². The molecule has 62 valence electrons. The minimum absolute atomic E-state index is 0.0960. The zero-order chi connectivity index (χ0) is 8.65. The van der Waals surface area contributed by atoms with E-state index in [0.29, 0.717) is 6.42 Å². The van der Waals surface area contributed by atoms with E-state index < -0.39 is 5.41 Å². The molecule has 0 spiro atoms. The summed E-state index contributed by atoms with van der Waals surface area (Å²) >= 11 is 0. The molecule has 11 heavy (non-hydrogen) atoms. The smallest absolute Gasteiger partial charge is 0.226 e. The normalized spacial score (nSPS) is 34.5. The van der Waals surface area contributed by atoms with Crippen LogP contribution in [0, 0.1) is 11.3 Å². The number of nitrogens with one attached hydrogen (secondary N) is 1. The van der Waals surface area contributed by atoms with Crippen LogP contribution in [0.2, 0.25) is 0 Å². The zero-order valence-corrected chi connectivity index (χ0v) is 6.68. The van der Waals surface area contributed by atoms with Gasteiger partial charge in [-0.15, -0.1) is 0 Å². The third-order valence-corrected chi connectivity index (χ3v) is 2.33. The molecule has 0 aromatic heterocycles. The summed E-state index contributed by atoms with van der Waals surface area (Å²) < 4.78 is 0. The Kier molecular flexibility index (Phi) is 1.62. The van der Waals surface area contributed by atoms with Crippen LogP contribution in [0.25, 0.3) is 0 Å². The molecule has 0 radical (unpaired) electrons. The largest absolute Gasteiger partial charge is 0.369 e. The molecular weight excluding hydrogens is 144 g/mol. The highest BCUT2D eigenvalue weighted by Gasteiger charge is 2.58. The van der Waals surface area contributed by atoms with E-state index in [1.807, 2.05) is 0 Å². The average Bonchev–Trinajstić information content (AvgIpc) is 2.62. The molecule has 1 aliphatic rings. The Bertz CT molecular complexity index is 214. The molecule has 1 saturated carbocycles. The Morgan fingerprint density at radius 1 is 1.64 bits per heavy atom. The lowest BCUT2D eigenvalue weighted by Crippen LogP contribution is -2.30. The van der Waals surface area contributed by atoms with Crippen molar-refractivity contribution in [2.45, 2.75) is 13.3 Å². The van der Waals surface area contributed by atoms with Gasteiger partial charge in [0.15, 0.2) is 0 Å². The summed E-state index contributed by atoms with van der Waals surface area (Å²) in [5, 5.41) is 2.51. The van der Waals surface area contributed by atoms with Gasteiger partial charge in [-0.2, -0.15) is 0 Å². The Morgan fingerprint density at radius 2 is 2.18 bits per heavy atom. The van der Waals surface area contributed by atoms with E-state index in [1.165, 1.54) is 0 Å². The standard InChI is InChI=1S/C7H12N2O2/c1-7(6(11)9-2)3-4(7)5(8)10/h4H,3H2,1-2H3,(H2,8,10)(H,9,11). The van der Waals surface area contributed by atoms with Gasteiger partial charge < -0.3 is 11.1 Å². The first-order chi connectivity index (χ1) is 5.02. The topological polar surface area (TPSA) is 72.2 Å². The highest BCUT2D eigenvalue weighted by Crippen LogP contribution is 2.51. The van der Waals surface area contributed by atoms with Crippen molar-refractivity contribution in [1.29, 1.82) is 0 Å². The lowest BCUT2D eigenvalue weighted by atomic mass is 10.1. The number of hydrogen-bond donors (Lipinski definition) is 2. The molecule has 4 heteroatoms. The molecule has 1 rings (SSSR count). The van der Waals surface area contributed by atoms with Crippen LogP contribution in [0.15, 0.2) is 0 Å². The second-order valence-electron chi connectivity index (χ2n) is 3.16. The lowest BCUT2D eigenvalue weighted by molar-refractivity contribution is -0.128. The van der Waals surface area contributed by atoms with Crippen LogP contribution >= 0.6 is 0 Å². The Morgan fingerprint density at radius 3 is 2.45 bits per heavy atom. The summed E-state index contributed by atoms with van der Waals surface area (Å²) in [5.74, 6) is -0.736. The molecule has 4 nitrogen and oxygen atoms in total. The maximum atomic E-state index is 11.1. The van der Waals surface area contributed by atoms with Gasteiger partial charge in [0, 0.05) is 7.05 Å². The van der Waals surface area contributed by atoms with E-state index in [9.17, 15) is 9.59 Å². The molecule has 2 atom stereocenters. The van der Waals surface area contributed by atoms with Gasteiger partial charge in [-0.05, 0) is 13.3 Å². The molecule has 2 amide bonds. The lowest BCUT2D eigenvalue weighted by Gasteiger charge is -2.06. The van der Waals surface area contributed by atoms with E-state index >= 15 is 0 Å². The first kappa shape index (κ1) is 8.04. The van der Waals surface area contributed by atoms with Crippen molar-refractivity contribution in [3.63, 3.8) is 0 Å². The average molecular weight is 156 g/mol. The SMILES string of the molecule is CNC(=O)C1(C)CC1C(N)=O. The van der Waals surface area contributed by atoms with E-state index in [1.54, 1.807) is 14.0 Å². The summed E-state index contributed by atoms with van der Waals surface area (Å²) in [5.41, 5.74) is 4.52. The molecule has 2 unspecified atom stereocenters. The van der Waals surface area contributed by atoms with Crippen LogP contribution in [-0.4, -0.2) is 18.9 Å². The molecule has 0 bridgehead atoms. The third-order valence-electron chi connectivity index (χ3n) is 2.33. The number of amides is 2. The molecule has 0 heterocycles. The molecule has 0 saturated heterocycles. The van der Waals surface area contributed by atoms with Gasteiger partial charge in [-0.25, -0.2) is 0 Å². The molecular formula is C7H12N2O2. The minimum atomic E-state index is -0.527. The minimum Gasteiger partial charge on any atom is -0.369 e. The van der Waals surface area contributed by atoms with Crippen molar-refractivity contribution in [2.75, 3.05) is 7.05 Å². The summed E-state index contributed by atoms with van der Waals surface area (Å²) in [4.78, 5) is 21.7. The van der Waals surface area contributed by atoms with Gasteiger partial charge >= 0.3 is 0 Å². The fourth-order valence-corrected chi connectivity index (χ4v) is 1.32. The Balaban J connectivity index is 2.62. The van der Waals surface area contributed by atoms with Crippen LogP contribution in [0.5, 0.6) is 0 Å². The molecule has 3 N–H and O–H groups in total. The highest BCUT2D eigenvalue weighted by atomic mass is 16.2. The van der Waals surface area contributed by atoms with Crippen LogP contribution in [0.4, 0.5) is 0 Å². The predicted octanol–water partition coefficient (Wildman–Crippen LogP) is -0.756. The van der Waals surface area contributed by atoms with Crippen molar-refractivity contribution in [1.82, 2.24) is 5.32 Å². The first-order valence-corrected chi connectivity index (χ1v) is 3.54. The fourth-order valence-electron chi connectivity index (χ4n) is 1.32. The third kappa shape index (κ3) is 1.08. The quantitative estimate of drug-likeness (QED) is 0.551. The summed E-state index contributed by atoms with van der Waals surface area (Å²) in [7, 11) is 1.56. The van der Waals surface area contributed by atoms with Gasteiger partial charge in [0.2, 0.25) is 11.8 Å². The van der Waals surface area contributed by atoms with Crippen molar-refractivity contribution in [2.24, 2.45) is 17.1 Å². The van der Waals surface area contributed by atoms with Gasteiger partial charge in [0.05, 0.1) is 11.3 Å². The maximum Gasteiger partial charge on any atom is 0.226 e. The number of nitrogens with two attached hydrogens (primary N) is 1.